The van der Waals surface area contributed by atoms with Gasteiger partial charge < -0.3 is 5.32 Å². The number of hydrogen-bond acceptors (Lipinski definition) is 3. The first-order valence-corrected chi connectivity index (χ1v) is 6.75. The van der Waals surface area contributed by atoms with E-state index < -0.39 is 0 Å². The number of rotatable bonds is 3. The maximum atomic E-state index is 5.88. The molecule has 1 heterocycles. The predicted octanol–water partition coefficient (Wildman–Crippen LogP) is 4.59. The van der Waals surface area contributed by atoms with Gasteiger partial charge in [-0.1, -0.05) is 23.7 Å². The molecule has 0 unspecified atom stereocenters. The predicted molar refractivity (Wildman–Crippen MR) is 76.1 cm³/mol. The van der Waals surface area contributed by atoms with Gasteiger partial charge in [0.05, 0.1) is 5.69 Å². The Morgan fingerprint density at radius 3 is 2.47 bits per heavy atom. The molecule has 17 heavy (non-hydrogen) atoms. The average molecular weight is 267 g/mol. The number of nitrogens with zero attached hydrogens (tertiary/aromatic N) is 1. The SMILES string of the molecule is Cc1sc(NC(C)C)nc1-c1ccc(Cl)cc1. The van der Waals surface area contributed by atoms with Crippen molar-refractivity contribution < 1.29 is 0 Å². The van der Waals surface area contributed by atoms with Gasteiger partial charge in [-0.05, 0) is 32.9 Å². The number of aromatic nitrogens is 1. The summed E-state index contributed by atoms with van der Waals surface area (Å²) in [6, 6.07) is 8.20. The van der Waals surface area contributed by atoms with Crippen LogP contribution in [-0.4, -0.2) is 11.0 Å². The van der Waals surface area contributed by atoms with E-state index in [-0.39, 0.29) is 0 Å². The van der Waals surface area contributed by atoms with Gasteiger partial charge in [-0.15, -0.1) is 11.3 Å². The third kappa shape index (κ3) is 2.99. The smallest absolute Gasteiger partial charge is 0.183 e. The summed E-state index contributed by atoms with van der Waals surface area (Å²) in [5, 5.41) is 5.05. The summed E-state index contributed by atoms with van der Waals surface area (Å²) in [5.41, 5.74) is 2.15. The lowest BCUT2D eigenvalue weighted by molar-refractivity contribution is 0.897. The summed E-state index contributed by atoms with van der Waals surface area (Å²) in [7, 11) is 0. The molecular formula is C13H15ClN2S. The molecule has 90 valence electrons. The van der Waals surface area contributed by atoms with Crippen molar-refractivity contribution >= 4 is 28.1 Å². The Balaban J connectivity index is 2.32. The maximum Gasteiger partial charge on any atom is 0.183 e. The molecule has 1 N–H and O–H groups in total. The second-order valence-corrected chi connectivity index (χ2v) is 5.87. The molecule has 0 aliphatic rings. The minimum Gasteiger partial charge on any atom is -0.359 e. The van der Waals surface area contributed by atoms with Gasteiger partial charge in [0.2, 0.25) is 0 Å². The van der Waals surface area contributed by atoms with E-state index in [0.29, 0.717) is 6.04 Å². The van der Waals surface area contributed by atoms with Gasteiger partial charge >= 0.3 is 0 Å². The molecule has 4 heteroatoms. The number of nitrogens with one attached hydrogen (secondary N) is 1. The molecule has 1 aromatic heterocycles. The molecule has 2 nitrogen and oxygen atoms in total. The Kier molecular flexibility index (Phi) is 3.69. The summed E-state index contributed by atoms with van der Waals surface area (Å²) in [6.07, 6.45) is 0. The van der Waals surface area contributed by atoms with Crippen molar-refractivity contribution in [1.82, 2.24) is 4.98 Å². The van der Waals surface area contributed by atoms with Crippen LogP contribution < -0.4 is 5.32 Å². The van der Waals surface area contributed by atoms with E-state index in [1.54, 1.807) is 11.3 Å². The van der Waals surface area contributed by atoms with Crippen molar-refractivity contribution in [2.24, 2.45) is 0 Å². The summed E-state index contributed by atoms with van der Waals surface area (Å²) in [4.78, 5) is 5.83. The number of aryl methyl sites for hydroxylation is 1. The van der Waals surface area contributed by atoms with Gasteiger partial charge in [-0.2, -0.15) is 0 Å². The molecule has 0 fully saturated rings. The minimum atomic E-state index is 0.401. The van der Waals surface area contributed by atoms with Gasteiger partial charge in [0.1, 0.15) is 0 Å². The number of hydrogen-bond donors (Lipinski definition) is 1. The highest BCUT2D eigenvalue weighted by Gasteiger charge is 2.10. The number of halogens is 1. The standard InChI is InChI=1S/C13H15ClN2S/c1-8(2)15-13-16-12(9(3)17-13)10-4-6-11(14)7-5-10/h4-8H,1-3H3,(H,15,16). The number of anilines is 1. The van der Waals surface area contributed by atoms with Crippen LogP contribution in [0.1, 0.15) is 18.7 Å². The summed E-state index contributed by atoms with van der Waals surface area (Å²) in [6.45, 7) is 6.31. The first-order chi connectivity index (χ1) is 8.06. The fourth-order valence-corrected chi connectivity index (χ4v) is 2.69. The van der Waals surface area contributed by atoms with Crippen LogP contribution in [0, 0.1) is 6.92 Å². The molecule has 0 bridgehead atoms. The lowest BCUT2D eigenvalue weighted by Gasteiger charge is -2.04. The van der Waals surface area contributed by atoms with Gasteiger partial charge in [-0.3, -0.25) is 0 Å². The summed E-state index contributed by atoms with van der Waals surface area (Å²) in [5.74, 6) is 0. The Hall–Kier alpha value is -1.06. The fraction of sp³-hybridized carbons (Fsp3) is 0.308. The maximum absolute atomic E-state index is 5.88. The second-order valence-electron chi connectivity index (χ2n) is 4.23. The van der Waals surface area contributed by atoms with Crippen LogP contribution in [0.3, 0.4) is 0 Å². The van der Waals surface area contributed by atoms with Crippen molar-refractivity contribution in [2.45, 2.75) is 26.8 Å². The summed E-state index contributed by atoms with van der Waals surface area (Å²) >= 11 is 7.57. The van der Waals surface area contributed by atoms with E-state index in [4.69, 9.17) is 11.6 Å². The molecule has 0 spiro atoms. The van der Waals surface area contributed by atoms with E-state index in [1.807, 2.05) is 24.3 Å². The summed E-state index contributed by atoms with van der Waals surface area (Å²) < 4.78 is 0. The molecule has 0 saturated carbocycles. The Morgan fingerprint density at radius 2 is 1.88 bits per heavy atom. The quantitative estimate of drug-likeness (QED) is 0.879. The first kappa shape index (κ1) is 12.4. The first-order valence-electron chi connectivity index (χ1n) is 5.56. The van der Waals surface area contributed by atoms with E-state index in [0.717, 1.165) is 21.4 Å². The van der Waals surface area contributed by atoms with Gasteiger partial charge in [-0.25, -0.2) is 4.98 Å². The zero-order valence-corrected chi connectivity index (χ0v) is 11.7. The Labute approximate surface area is 111 Å². The lowest BCUT2D eigenvalue weighted by Crippen LogP contribution is -2.08. The highest BCUT2D eigenvalue weighted by atomic mass is 35.5. The Bertz CT molecular complexity index is 503. The molecule has 0 atom stereocenters. The van der Waals surface area contributed by atoms with Crippen LogP contribution in [0.2, 0.25) is 5.02 Å². The van der Waals surface area contributed by atoms with E-state index in [1.165, 1.54) is 4.88 Å². The van der Waals surface area contributed by atoms with Crippen molar-refractivity contribution in [3.8, 4) is 11.3 Å². The molecule has 0 amide bonds. The molecule has 2 rings (SSSR count). The van der Waals surface area contributed by atoms with Crippen molar-refractivity contribution in [3.05, 3.63) is 34.2 Å². The zero-order valence-electron chi connectivity index (χ0n) is 10.1. The van der Waals surface area contributed by atoms with Crippen molar-refractivity contribution in [1.29, 1.82) is 0 Å². The molecule has 0 radical (unpaired) electrons. The molecule has 1 aromatic carbocycles. The van der Waals surface area contributed by atoms with Crippen LogP contribution in [0.15, 0.2) is 24.3 Å². The van der Waals surface area contributed by atoms with Crippen molar-refractivity contribution in [3.63, 3.8) is 0 Å². The fourth-order valence-electron chi connectivity index (χ4n) is 1.58. The van der Waals surface area contributed by atoms with Crippen molar-refractivity contribution in [2.75, 3.05) is 5.32 Å². The zero-order chi connectivity index (χ0) is 12.4. The van der Waals surface area contributed by atoms with Gasteiger partial charge in [0, 0.05) is 21.5 Å². The van der Waals surface area contributed by atoms with E-state index >= 15 is 0 Å². The van der Waals surface area contributed by atoms with Gasteiger partial charge in [0.25, 0.3) is 0 Å². The van der Waals surface area contributed by atoms with E-state index in [9.17, 15) is 0 Å². The number of benzene rings is 1. The Morgan fingerprint density at radius 1 is 1.24 bits per heavy atom. The monoisotopic (exact) mass is 266 g/mol. The van der Waals surface area contributed by atoms with Gasteiger partial charge in [0.15, 0.2) is 5.13 Å². The van der Waals surface area contributed by atoms with Crippen LogP contribution in [0.25, 0.3) is 11.3 Å². The third-order valence-corrected chi connectivity index (χ3v) is 3.48. The largest absolute Gasteiger partial charge is 0.359 e. The highest BCUT2D eigenvalue weighted by molar-refractivity contribution is 7.16. The van der Waals surface area contributed by atoms with Crippen LogP contribution in [0.4, 0.5) is 5.13 Å². The molecule has 2 aromatic rings. The molecular weight excluding hydrogens is 252 g/mol. The second kappa shape index (κ2) is 5.07. The van der Waals surface area contributed by atoms with Crippen LogP contribution in [0.5, 0.6) is 0 Å². The minimum absolute atomic E-state index is 0.401. The molecule has 0 aliphatic carbocycles. The lowest BCUT2D eigenvalue weighted by atomic mass is 10.1. The normalized spacial score (nSPS) is 10.9. The molecule has 0 aliphatic heterocycles. The topological polar surface area (TPSA) is 24.9 Å². The highest BCUT2D eigenvalue weighted by Crippen LogP contribution is 2.31. The van der Waals surface area contributed by atoms with Crippen LogP contribution in [-0.2, 0) is 0 Å². The third-order valence-electron chi connectivity index (χ3n) is 2.33. The average Bonchev–Trinajstić information content (AvgIpc) is 2.59. The van der Waals surface area contributed by atoms with Crippen LogP contribution >= 0.6 is 22.9 Å². The molecule has 0 saturated heterocycles. The number of thiazole rings is 1. The van der Waals surface area contributed by atoms with E-state index in [2.05, 4.69) is 31.1 Å².